The summed E-state index contributed by atoms with van der Waals surface area (Å²) in [6.07, 6.45) is 0.442. The Hall–Kier alpha value is -1.87. The van der Waals surface area contributed by atoms with Gasteiger partial charge in [0.05, 0.1) is 0 Å². The number of hydrogen-bond donors (Lipinski definition) is 1. The van der Waals surface area contributed by atoms with Gasteiger partial charge in [0.15, 0.2) is 0 Å². The fourth-order valence-electron chi connectivity index (χ4n) is 2.34. The molecule has 2 aromatic rings. The van der Waals surface area contributed by atoms with E-state index in [1.54, 1.807) is 6.07 Å². The summed E-state index contributed by atoms with van der Waals surface area (Å²) in [5.41, 5.74) is 8.22. The van der Waals surface area contributed by atoms with E-state index >= 15 is 0 Å². The van der Waals surface area contributed by atoms with Crippen LogP contribution in [0.25, 0.3) is 11.1 Å². The summed E-state index contributed by atoms with van der Waals surface area (Å²) in [5, 5.41) is 0. The van der Waals surface area contributed by atoms with Crippen LogP contribution < -0.4 is 10.5 Å². The van der Waals surface area contributed by atoms with Gasteiger partial charge >= 0.3 is 0 Å². The molecule has 1 aliphatic rings. The molecule has 3 rings (SSSR count). The highest BCUT2D eigenvalue weighted by molar-refractivity contribution is 5.73. The third kappa shape index (κ3) is 1.77. The first-order chi connectivity index (χ1) is 8.79. The molecular formula is C15H14FNO. The van der Waals surface area contributed by atoms with Crippen LogP contribution in [0.15, 0.2) is 42.5 Å². The zero-order valence-corrected chi connectivity index (χ0v) is 9.90. The number of rotatable bonds is 2. The van der Waals surface area contributed by atoms with Crippen LogP contribution in [0.2, 0.25) is 0 Å². The minimum absolute atomic E-state index is 0.112. The van der Waals surface area contributed by atoms with Gasteiger partial charge in [0, 0.05) is 24.1 Å². The quantitative estimate of drug-likeness (QED) is 0.880. The summed E-state index contributed by atoms with van der Waals surface area (Å²) < 4.78 is 19.5. The third-order valence-corrected chi connectivity index (χ3v) is 3.27. The minimum atomic E-state index is -0.208. The summed E-state index contributed by atoms with van der Waals surface area (Å²) in [7, 11) is 0. The first-order valence-electron chi connectivity index (χ1n) is 6.03. The van der Waals surface area contributed by atoms with E-state index in [0.29, 0.717) is 24.3 Å². The van der Waals surface area contributed by atoms with E-state index in [1.807, 2.05) is 30.3 Å². The SMILES string of the molecule is NC[C@H]1Cc2c(F)ccc(-c3ccccc3)c2O1. The van der Waals surface area contributed by atoms with E-state index in [9.17, 15) is 4.39 Å². The smallest absolute Gasteiger partial charge is 0.133 e. The lowest BCUT2D eigenvalue weighted by molar-refractivity contribution is 0.242. The number of benzene rings is 2. The average molecular weight is 243 g/mol. The van der Waals surface area contributed by atoms with Gasteiger partial charge in [-0.05, 0) is 17.7 Å². The van der Waals surface area contributed by atoms with Crippen molar-refractivity contribution in [3.05, 3.63) is 53.8 Å². The van der Waals surface area contributed by atoms with Crippen molar-refractivity contribution >= 4 is 0 Å². The molecule has 0 spiro atoms. The van der Waals surface area contributed by atoms with Crippen molar-refractivity contribution in [1.82, 2.24) is 0 Å². The van der Waals surface area contributed by atoms with Crippen LogP contribution in [0, 0.1) is 5.82 Å². The second kappa shape index (κ2) is 4.42. The Morgan fingerprint density at radius 2 is 1.94 bits per heavy atom. The van der Waals surface area contributed by atoms with Crippen LogP contribution in [0.5, 0.6) is 5.75 Å². The fourth-order valence-corrected chi connectivity index (χ4v) is 2.34. The largest absolute Gasteiger partial charge is 0.488 e. The van der Waals surface area contributed by atoms with Crippen LogP contribution in [-0.4, -0.2) is 12.6 Å². The first kappa shape index (κ1) is 11.2. The summed E-state index contributed by atoms with van der Waals surface area (Å²) in [4.78, 5) is 0. The predicted molar refractivity (Wildman–Crippen MR) is 69.0 cm³/mol. The Bertz CT molecular complexity index is 568. The van der Waals surface area contributed by atoms with Crippen molar-refractivity contribution in [3.63, 3.8) is 0 Å². The normalized spacial score (nSPS) is 17.3. The molecule has 2 nitrogen and oxygen atoms in total. The summed E-state index contributed by atoms with van der Waals surface area (Å²) in [5.74, 6) is 0.442. The molecule has 3 heteroatoms. The predicted octanol–water partition coefficient (Wildman–Crippen LogP) is 2.75. The Morgan fingerprint density at radius 3 is 2.67 bits per heavy atom. The Kier molecular flexibility index (Phi) is 2.76. The molecule has 2 aromatic carbocycles. The van der Waals surface area contributed by atoms with Gasteiger partial charge in [-0.3, -0.25) is 0 Å². The number of hydrogen-bond acceptors (Lipinski definition) is 2. The van der Waals surface area contributed by atoms with Gasteiger partial charge in [-0.1, -0.05) is 30.3 Å². The molecule has 1 atom stereocenters. The highest BCUT2D eigenvalue weighted by atomic mass is 19.1. The molecule has 0 unspecified atom stereocenters. The van der Waals surface area contributed by atoms with Crippen molar-refractivity contribution in [3.8, 4) is 16.9 Å². The third-order valence-electron chi connectivity index (χ3n) is 3.27. The molecule has 92 valence electrons. The molecule has 2 N–H and O–H groups in total. The van der Waals surface area contributed by atoms with E-state index in [2.05, 4.69) is 0 Å². The standard InChI is InChI=1S/C15H14FNO/c16-14-7-6-12(10-4-2-1-3-5-10)15-13(14)8-11(9-17)18-15/h1-7,11H,8-9,17H2/t11-/m1/s1. The Labute approximate surface area is 105 Å². The van der Waals surface area contributed by atoms with Crippen LogP contribution in [0.3, 0.4) is 0 Å². The van der Waals surface area contributed by atoms with E-state index in [1.165, 1.54) is 6.07 Å². The first-order valence-corrected chi connectivity index (χ1v) is 6.03. The molecule has 1 aliphatic heterocycles. The van der Waals surface area contributed by atoms with Gasteiger partial charge in [0.2, 0.25) is 0 Å². The molecule has 0 aliphatic carbocycles. The van der Waals surface area contributed by atoms with Gasteiger partial charge in [-0.25, -0.2) is 4.39 Å². The zero-order valence-electron chi connectivity index (χ0n) is 9.90. The highest BCUT2D eigenvalue weighted by Crippen LogP contribution is 2.39. The molecule has 0 bridgehead atoms. The van der Waals surface area contributed by atoms with Crippen LogP contribution >= 0.6 is 0 Å². The lowest BCUT2D eigenvalue weighted by atomic mass is 10.0. The fraction of sp³-hybridized carbons (Fsp3) is 0.200. The van der Waals surface area contributed by atoms with Gasteiger partial charge in [0.25, 0.3) is 0 Å². The maximum atomic E-state index is 13.8. The molecule has 1 heterocycles. The van der Waals surface area contributed by atoms with Gasteiger partial charge in [0.1, 0.15) is 17.7 Å². The Morgan fingerprint density at radius 1 is 1.17 bits per heavy atom. The lowest BCUT2D eigenvalue weighted by Gasteiger charge is -2.11. The molecule has 0 amide bonds. The highest BCUT2D eigenvalue weighted by Gasteiger charge is 2.27. The van der Waals surface area contributed by atoms with Gasteiger partial charge in [-0.15, -0.1) is 0 Å². The number of fused-ring (bicyclic) bond motifs is 1. The molecule has 0 saturated heterocycles. The summed E-state index contributed by atoms with van der Waals surface area (Å²) >= 11 is 0. The van der Waals surface area contributed by atoms with Crippen molar-refractivity contribution in [2.75, 3.05) is 6.54 Å². The second-order valence-corrected chi connectivity index (χ2v) is 4.45. The molecule has 0 saturated carbocycles. The molecule has 0 aromatic heterocycles. The van der Waals surface area contributed by atoms with E-state index in [0.717, 1.165) is 11.1 Å². The number of halogens is 1. The van der Waals surface area contributed by atoms with E-state index < -0.39 is 0 Å². The molecule has 18 heavy (non-hydrogen) atoms. The second-order valence-electron chi connectivity index (χ2n) is 4.45. The van der Waals surface area contributed by atoms with E-state index in [4.69, 9.17) is 10.5 Å². The van der Waals surface area contributed by atoms with Crippen molar-refractivity contribution in [2.24, 2.45) is 5.73 Å². The van der Waals surface area contributed by atoms with Crippen LogP contribution in [-0.2, 0) is 6.42 Å². The molecular weight excluding hydrogens is 229 g/mol. The van der Waals surface area contributed by atoms with E-state index in [-0.39, 0.29) is 11.9 Å². The monoisotopic (exact) mass is 243 g/mol. The van der Waals surface area contributed by atoms with Crippen LogP contribution in [0.1, 0.15) is 5.56 Å². The van der Waals surface area contributed by atoms with Crippen molar-refractivity contribution in [1.29, 1.82) is 0 Å². The summed E-state index contributed by atoms with van der Waals surface area (Å²) in [6, 6.07) is 13.1. The number of ether oxygens (including phenoxy) is 1. The van der Waals surface area contributed by atoms with Crippen molar-refractivity contribution < 1.29 is 9.13 Å². The van der Waals surface area contributed by atoms with Gasteiger partial charge in [-0.2, -0.15) is 0 Å². The summed E-state index contributed by atoms with van der Waals surface area (Å²) in [6.45, 7) is 0.405. The number of nitrogens with two attached hydrogens (primary N) is 1. The van der Waals surface area contributed by atoms with Crippen molar-refractivity contribution in [2.45, 2.75) is 12.5 Å². The molecule has 0 fully saturated rings. The molecule has 0 radical (unpaired) electrons. The average Bonchev–Trinajstić information content (AvgIpc) is 2.85. The Balaban J connectivity index is 2.12. The zero-order chi connectivity index (χ0) is 12.5. The topological polar surface area (TPSA) is 35.2 Å². The minimum Gasteiger partial charge on any atom is -0.488 e. The maximum Gasteiger partial charge on any atom is 0.133 e. The maximum absolute atomic E-state index is 13.8. The lowest BCUT2D eigenvalue weighted by Crippen LogP contribution is -2.24. The van der Waals surface area contributed by atoms with Crippen LogP contribution in [0.4, 0.5) is 4.39 Å². The van der Waals surface area contributed by atoms with Gasteiger partial charge < -0.3 is 10.5 Å².